The first-order valence-corrected chi connectivity index (χ1v) is 4.33. The molecule has 4 N–H and O–H groups in total. The first kappa shape index (κ1) is 30.9. The molecule has 0 fully saturated rings. The molecule has 17 heavy (non-hydrogen) atoms. The van der Waals surface area contributed by atoms with Gasteiger partial charge < -0.3 is 45.2 Å². The van der Waals surface area contributed by atoms with E-state index in [9.17, 15) is 0 Å². The summed E-state index contributed by atoms with van der Waals surface area (Å²) >= 11 is 0. The van der Waals surface area contributed by atoms with Gasteiger partial charge in [-0.1, -0.05) is 0 Å². The third-order valence-electron chi connectivity index (χ3n) is 1.25. The molecule has 0 aliphatic rings. The number of carboxylic acid groups (broad SMARTS) is 1. The van der Waals surface area contributed by atoms with E-state index in [1.54, 1.807) is 4.90 Å². The van der Waals surface area contributed by atoms with Crippen LogP contribution in [0.5, 0.6) is 0 Å². The maximum absolute atomic E-state index is 9.00. The summed E-state index contributed by atoms with van der Waals surface area (Å²) in [4.78, 5) is 10.8. The van der Waals surface area contributed by atoms with Gasteiger partial charge in [0.1, 0.15) is 0 Å². The van der Waals surface area contributed by atoms with Crippen LogP contribution in [0.4, 0.5) is 0 Å². The van der Waals surface area contributed by atoms with Crippen LogP contribution in [0.1, 0.15) is 6.92 Å². The minimum absolute atomic E-state index is 0. The summed E-state index contributed by atoms with van der Waals surface area (Å²) in [5.74, 6) is -0.833. The second-order valence-corrected chi connectivity index (χ2v) is 2.53. The molecule has 0 heterocycles. The third-order valence-corrected chi connectivity index (χ3v) is 1.25. The Morgan fingerprint density at radius 1 is 0.941 bits per heavy atom. The minimum atomic E-state index is -0.833. The van der Waals surface area contributed by atoms with Gasteiger partial charge in [-0.25, -0.2) is 0 Å². The Kier molecular flexibility index (Phi) is 47.0. The van der Waals surface area contributed by atoms with Crippen LogP contribution in [0.25, 0.3) is 0 Å². The van der Waals surface area contributed by atoms with E-state index in [0.717, 1.165) is 6.92 Å². The molecule has 0 amide bonds. The number of hydrogen-bond acceptors (Lipinski definition) is 5. The zero-order valence-corrected chi connectivity index (χ0v) is 13.6. The van der Waals surface area contributed by atoms with Gasteiger partial charge in [0.2, 0.25) is 0 Å². The molecular weight excluding hydrogens is 301 g/mol. The Labute approximate surface area is 144 Å². The zero-order valence-electron chi connectivity index (χ0n) is 9.85. The van der Waals surface area contributed by atoms with Gasteiger partial charge in [-0.15, -0.1) is 0 Å². The summed E-state index contributed by atoms with van der Waals surface area (Å²) in [6, 6.07) is 0. The number of hydrogen-bond donors (Lipinski definition) is 4. The molecule has 0 saturated heterocycles. The van der Waals surface area contributed by atoms with Crippen LogP contribution in [0.3, 0.4) is 0 Å². The molecule has 0 atom stereocenters. The fourth-order valence-corrected chi connectivity index (χ4v) is 0.760. The Balaban J connectivity index is -0.0000000607. The van der Waals surface area contributed by atoms with E-state index >= 15 is 0 Å². The topological polar surface area (TPSA) is 101 Å². The molecule has 102 valence electrons. The van der Waals surface area contributed by atoms with Crippen molar-refractivity contribution in [3.05, 3.63) is 0 Å². The van der Waals surface area contributed by atoms with Gasteiger partial charge in [0.25, 0.3) is 5.97 Å². The number of aliphatic hydroxyl groups excluding tert-OH is 3. The van der Waals surface area contributed by atoms with Crippen LogP contribution in [-0.4, -0.2) is 108 Å². The van der Waals surface area contributed by atoms with Gasteiger partial charge in [-0.2, -0.15) is 0 Å². The third kappa shape index (κ3) is 38.2. The molecule has 0 aromatic rings. The molecule has 0 saturated carbocycles. The van der Waals surface area contributed by atoms with Gasteiger partial charge in [0.15, 0.2) is 0 Å². The summed E-state index contributed by atoms with van der Waals surface area (Å²) in [6.45, 7) is 2.84. The second-order valence-electron chi connectivity index (χ2n) is 2.53. The van der Waals surface area contributed by atoms with E-state index in [-0.39, 0.29) is 82.4 Å². The summed E-state index contributed by atoms with van der Waals surface area (Å²) in [5.41, 5.74) is 0. The molecular formula is C8H19CaCl2NO5. The van der Waals surface area contributed by atoms with Crippen molar-refractivity contribution < 1.29 is 50.0 Å². The fourth-order valence-electron chi connectivity index (χ4n) is 0.760. The van der Waals surface area contributed by atoms with E-state index in [1.807, 2.05) is 0 Å². The second kappa shape index (κ2) is 25.9. The van der Waals surface area contributed by atoms with Crippen molar-refractivity contribution in [1.29, 1.82) is 0 Å². The largest absolute Gasteiger partial charge is 2.00 e. The molecule has 0 radical (unpaired) electrons. The Hall–Kier alpha value is 1.15. The molecule has 0 aliphatic heterocycles. The summed E-state index contributed by atoms with van der Waals surface area (Å²) in [6.07, 6.45) is 0. The molecule has 0 aliphatic carbocycles. The summed E-state index contributed by atoms with van der Waals surface area (Å²) in [7, 11) is 0. The van der Waals surface area contributed by atoms with E-state index in [2.05, 4.69) is 0 Å². The SMILES string of the molecule is CC(=O)O.OCCN(CCO)CCO.[Ca+2].[Cl-].[Cl-]. The van der Waals surface area contributed by atoms with Gasteiger partial charge in [-0.3, -0.25) is 9.69 Å². The quantitative estimate of drug-likeness (QED) is 0.363. The average Bonchev–Trinajstić information content (AvgIpc) is 2.04. The van der Waals surface area contributed by atoms with Crippen molar-refractivity contribution in [2.45, 2.75) is 6.92 Å². The van der Waals surface area contributed by atoms with Gasteiger partial charge >= 0.3 is 37.7 Å². The first-order chi connectivity index (χ1) is 6.58. The number of rotatable bonds is 6. The van der Waals surface area contributed by atoms with Crippen molar-refractivity contribution >= 4 is 43.7 Å². The van der Waals surface area contributed by atoms with Gasteiger partial charge in [-0.05, 0) is 0 Å². The number of aliphatic hydroxyl groups is 3. The van der Waals surface area contributed by atoms with E-state index < -0.39 is 5.97 Å². The molecule has 0 spiro atoms. The van der Waals surface area contributed by atoms with Crippen molar-refractivity contribution in [2.75, 3.05) is 39.5 Å². The normalized spacial score (nSPS) is 7.82. The van der Waals surface area contributed by atoms with Crippen molar-refractivity contribution in [3.8, 4) is 0 Å². The molecule has 6 nitrogen and oxygen atoms in total. The maximum atomic E-state index is 9.00. The molecule has 0 unspecified atom stereocenters. The minimum Gasteiger partial charge on any atom is -1.00 e. The summed E-state index contributed by atoms with van der Waals surface area (Å²) in [5, 5.41) is 32.9. The number of carboxylic acids is 1. The van der Waals surface area contributed by atoms with Crippen LogP contribution in [0.15, 0.2) is 0 Å². The molecule has 0 bridgehead atoms. The Morgan fingerprint density at radius 3 is 1.24 bits per heavy atom. The fraction of sp³-hybridized carbons (Fsp3) is 0.875. The number of aliphatic carboxylic acids is 1. The van der Waals surface area contributed by atoms with Gasteiger partial charge in [0, 0.05) is 26.6 Å². The van der Waals surface area contributed by atoms with Crippen LogP contribution in [0, 0.1) is 0 Å². The van der Waals surface area contributed by atoms with Crippen molar-refractivity contribution in [2.24, 2.45) is 0 Å². The molecule has 0 aromatic heterocycles. The van der Waals surface area contributed by atoms with Crippen LogP contribution < -0.4 is 24.8 Å². The van der Waals surface area contributed by atoms with E-state index in [4.69, 9.17) is 25.2 Å². The predicted octanol–water partition coefficient (Wildman–Crippen LogP) is -8.02. The number of carbonyl (C=O) groups is 1. The van der Waals surface area contributed by atoms with Crippen molar-refractivity contribution in [1.82, 2.24) is 4.90 Å². The zero-order chi connectivity index (χ0) is 11.4. The van der Waals surface area contributed by atoms with E-state index in [1.165, 1.54) is 0 Å². The first-order valence-electron chi connectivity index (χ1n) is 4.33. The molecule has 0 aromatic carbocycles. The number of halogens is 2. The van der Waals surface area contributed by atoms with Crippen LogP contribution in [-0.2, 0) is 4.79 Å². The Morgan fingerprint density at radius 2 is 1.12 bits per heavy atom. The van der Waals surface area contributed by atoms with Crippen LogP contribution in [0.2, 0.25) is 0 Å². The monoisotopic (exact) mass is 319 g/mol. The standard InChI is InChI=1S/C6H15NO3.C2H4O2.Ca.2ClH/c8-4-1-7(2-5-9)3-6-10;1-2(3)4;;;/h8-10H,1-6H2;1H3,(H,3,4);;2*1H/q;;+2;;/p-2. The van der Waals surface area contributed by atoms with E-state index in [0.29, 0.717) is 19.6 Å². The predicted molar refractivity (Wildman–Crippen MR) is 56.8 cm³/mol. The smallest absolute Gasteiger partial charge is 1.00 e. The number of nitrogens with zero attached hydrogens (tertiary/aromatic N) is 1. The van der Waals surface area contributed by atoms with Crippen molar-refractivity contribution in [3.63, 3.8) is 0 Å². The van der Waals surface area contributed by atoms with Gasteiger partial charge in [0.05, 0.1) is 19.8 Å². The molecule has 9 heteroatoms. The maximum Gasteiger partial charge on any atom is 2.00 e. The van der Waals surface area contributed by atoms with Crippen LogP contribution >= 0.6 is 0 Å². The average molecular weight is 320 g/mol. The summed E-state index contributed by atoms with van der Waals surface area (Å²) < 4.78 is 0. The molecule has 0 rings (SSSR count). The Bertz CT molecular complexity index is 127.